The Kier molecular flexibility index (Phi) is 6.39. The van der Waals surface area contributed by atoms with Gasteiger partial charge < -0.3 is 24.1 Å². The second-order valence-electron chi connectivity index (χ2n) is 7.70. The number of furan rings is 1. The number of likely N-dealkylation sites (tertiary alicyclic amines) is 1. The van der Waals surface area contributed by atoms with E-state index in [0.29, 0.717) is 36.2 Å². The van der Waals surface area contributed by atoms with Crippen molar-refractivity contribution in [2.45, 2.75) is 19.8 Å². The van der Waals surface area contributed by atoms with Gasteiger partial charge in [-0.25, -0.2) is 4.98 Å². The molecule has 166 valence electrons. The molecule has 2 aromatic heterocycles. The van der Waals surface area contributed by atoms with Gasteiger partial charge in [0.15, 0.2) is 17.3 Å². The van der Waals surface area contributed by atoms with Gasteiger partial charge in [0.05, 0.1) is 31.2 Å². The number of aromatic nitrogens is 1. The van der Waals surface area contributed by atoms with Crippen LogP contribution in [0.5, 0.6) is 17.4 Å². The number of benzene rings is 1. The molecule has 0 aliphatic carbocycles. The van der Waals surface area contributed by atoms with Crippen LogP contribution in [-0.4, -0.2) is 41.9 Å². The zero-order valence-corrected chi connectivity index (χ0v) is 18.0. The molecule has 1 saturated heterocycles. The third kappa shape index (κ3) is 4.91. The first-order valence-electron chi connectivity index (χ1n) is 10.5. The van der Waals surface area contributed by atoms with E-state index in [1.54, 1.807) is 42.5 Å². The Balaban J connectivity index is 1.36. The number of piperidine rings is 1. The first kappa shape index (κ1) is 21.4. The maximum atomic E-state index is 12.8. The first-order valence-corrected chi connectivity index (χ1v) is 10.5. The number of hydrogen-bond acceptors (Lipinski definition) is 6. The predicted molar refractivity (Wildman–Crippen MR) is 118 cm³/mol. The number of anilines is 1. The van der Waals surface area contributed by atoms with E-state index in [2.05, 4.69) is 10.3 Å². The van der Waals surface area contributed by atoms with Crippen LogP contribution >= 0.6 is 0 Å². The van der Waals surface area contributed by atoms with Gasteiger partial charge in [0.2, 0.25) is 11.8 Å². The molecule has 3 heterocycles. The van der Waals surface area contributed by atoms with Crippen molar-refractivity contribution >= 4 is 17.5 Å². The maximum Gasteiger partial charge on any atom is 0.289 e. The van der Waals surface area contributed by atoms with Crippen LogP contribution in [0, 0.1) is 12.8 Å². The molecule has 0 saturated carbocycles. The van der Waals surface area contributed by atoms with Crippen molar-refractivity contribution in [1.29, 1.82) is 0 Å². The number of ether oxygens (including phenoxy) is 2. The second-order valence-corrected chi connectivity index (χ2v) is 7.70. The van der Waals surface area contributed by atoms with Crippen molar-refractivity contribution in [1.82, 2.24) is 9.88 Å². The number of aryl methyl sites for hydroxylation is 1. The molecular formula is C24H25N3O5. The second kappa shape index (κ2) is 9.55. The Bertz CT molecular complexity index is 1080. The number of carbonyl (C=O) groups is 2. The minimum absolute atomic E-state index is 0.141. The van der Waals surface area contributed by atoms with Crippen LogP contribution in [0.15, 0.2) is 59.3 Å². The Morgan fingerprint density at radius 3 is 2.78 bits per heavy atom. The summed E-state index contributed by atoms with van der Waals surface area (Å²) in [6.45, 7) is 2.94. The molecule has 0 bridgehead atoms. The molecule has 0 unspecified atom stereocenters. The fourth-order valence-corrected chi connectivity index (χ4v) is 3.66. The predicted octanol–water partition coefficient (Wildman–Crippen LogP) is 4.27. The molecular weight excluding hydrogens is 410 g/mol. The summed E-state index contributed by atoms with van der Waals surface area (Å²) in [5.41, 5.74) is 1.63. The molecule has 1 aliphatic heterocycles. The Morgan fingerprint density at radius 1 is 1.19 bits per heavy atom. The number of hydrogen-bond donors (Lipinski definition) is 1. The lowest BCUT2D eigenvalue weighted by Crippen LogP contribution is -2.43. The van der Waals surface area contributed by atoms with E-state index < -0.39 is 0 Å². The highest BCUT2D eigenvalue weighted by Crippen LogP contribution is 2.31. The molecule has 4 rings (SSSR count). The van der Waals surface area contributed by atoms with E-state index in [9.17, 15) is 9.59 Å². The van der Waals surface area contributed by atoms with Crippen LogP contribution in [0.25, 0.3) is 0 Å². The van der Waals surface area contributed by atoms with Crippen LogP contribution in [-0.2, 0) is 4.79 Å². The molecule has 1 aromatic carbocycles. The van der Waals surface area contributed by atoms with Gasteiger partial charge in [0.25, 0.3) is 5.91 Å². The summed E-state index contributed by atoms with van der Waals surface area (Å²) in [4.78, 5) is 31.2. The summed E-state index contributed by atoms with van der Waals surface area (Å²) >= 11 is 0. The number of nitrogens with one attached hydrogen (secondary N) is 1. The zero-order valence-electron chi connectivity index (χ0n) is 18.0. The fourth-order valence-electron chi connectivity index (χ4n) is 3.66. The van der Waals surface area contributed by atoms with Gasteiger partial charge >= 0.3 is 0 Å². The number of methoxy groups -OCH3 is 1. The minimum Gasteiger partial charge on any atom is -0.493 e. The standard InChI is InChI=1S/C24H25N3O5/c1-16-7-9-19(21(13-16)30-2)32-22-10-8-18(14-25-22)26-23(28)17-5-3-11-27(15-17)24(29)20-6-4-12-31-20/h4,6-10,12-14,17H,3,5,11,15H2,1-2H3,(H,26,28)/t17-/m0/s1. The highest BCUT2D eigenvalue weighted by atomic mass is 16.5. The third-order valence-corrected chi connectivity index (χ3v) is 5.35. The molecule has 1 fully saturated rings. The summed E-state index contributed by atoms with van der Waals surface area (Å²) in [5.74, 6) is 1.23. The van der Waals surface area contributed by atoms with Gasteiger partial charge in [-0.1, -0.05) is 6.07 Å². The van der Waals surface area contributed by atoms with Gasteiger partial charge in [-0.05, 0) is 55.7 Å². The first-order chi connectivity index (χ1) is 15.5. The highest BCUT2D eigenvalue weighted by Gasteiger charge is 2.30. The summed E-state index contributed by atoms with van der Waals surface area (Å²) in [6, 6.07) is 12.4. The average Bonchev–Trinajstić information content (AvgIpc) is 3.36. The zero-order chi connectivity index (χ0) is 22.5. The topological polar surface area (TPSA) is 93.9 Å². The van der Waals surface area contributed by atoms with Crippen LogP contribution in [0.1, 0.15) is 29.0 Å². The van der Waals surface area contributed by atoms with Gasteiger partial charge in [-0.3, -0.25) is 9.59 Å². The number of pyridine rings is 1. The lowest BCUT2D eigenvalue weighted by atomic mass is 9.97. The fraction of sp³-hybridized carbons (Fsp3) is 0.292. The maximum absolute atomic E-state index is 12.8. The summed E-state index contributed by atoms with van der Waals surface area (Å²) in [6.07, 6.45) is 4.49. The molecule has 0 radical (unpaired) electrons. The monoisotopic (exact) mass is 435 g/mol. The molecule has 1 N–H and O–H groups in total. The summed E-state index contributed by atoms with van der Waals surface area (Å²) in [7, 11) is 1.59. The molecule has 1 atom stereocenters. The van der Waals surface area contributed by atoms with Gasteiger partial charge in [0.1, 0.15) is 0 Å². The van der Waals surface area contributed by atoms with E-state index in [1.807, 2.05) is 25.1 Å². The van der Waals surface area contributed by atoms with Crippen molar-refractivity contribution in [2.24, 2.45) is 5.92 Å². The van der Waals surface area contributed by atoms with E-state index >= 15 is 0 Å². The van der Waals surface area contributed by atoms with E-state index in [4.69, 9.17) is 13.9 Å². The van der Waals surface area contributed by atoms with Gasteiger partial charge in [-0.15, -0.1) is 0 Å². The lowest BCUT2D eigenvalue weighted by molar-refractivity contribution is -0.121. The molecule has 2 amide bonds. The normalized spacial score (nSPS) is 15.8. The van der Waals surface area contributed by atoms with Crippen molar-refractivity contribution in [3.05, 3.63) is 66.2 Å². The smallest absolute Gasteiger partial charge is 0.289 e. The van der Waals surface area contributed by atoms with Crippen LogP contribution in [0.2, 0.25) is 0 Å². The molecule has 3 aromatic rings. The SMILES string of the molecule is COc1cc(C)ccc1Oc1ccc(NC(=O)[C@H]2CCCN(C(=O)c3ccco3)C2)cn1. The lowest BCUT2D eigenvalue weighted by Gasteiger charge is -2.31. The molecule has 32 heavy (non-hydrogen) atoms. The molecule has 8 nitrogen and oxygen atoms in total. The van der Waals surface area contributed by atoms with Gasteiger partial charge in [-0.2, -0.15) is 0 Å². The Labute approximate surface area is 186 Å². The quantitative estimate of drug-likeness (QED) is 0.621. The third-order valence-electron chi connectivity index (χ3n) is 5.35. The van der Waals surface area contributed by atoms with Crippen molar-refractivity contribution in [3.63, 3.8) is 0 Å². The number of rotatable bonds is 6. The van der Waals surface area contributed by atoms with Crippen LogP contribution in [0.4, 0.5) is 5.69 Å². The Hall–Kier alpha value is -3.81. The summed E-state index contributed by atoms with van der Waals surface area (Å²) < 4.78 is 16.3. The molecule has 1 aliphatic rings. The Morgan fingerprint density at radius 2 is 2.06 bits per heavy atom. The van der Waals surface area contributed by atoms with Crippen molar-refractivity contribution in [3.8, 4) is 17.4 Å². The van der Waals surface area contributed by atoms with E-state index in [0.717, 1.165) is 18.4 Å². The minimum atomic E-state index is -0.296. The largest absolute Gasteiger partial charge is 0.493 e. The number of carbonyl (C=O) groups excluding carboxylic acids is 2. The molecule has 0 spiro atoms. The number of nitrogens with zero attached hydrogens (tertiary/aromatic N) is 2. The average molecular weight is 435 g/mol. The molecule has 8 heteroatoms. The van der Waals surface area contributed by atoms with Gasteiger partial charge in [0, 0.05) is 19.2 Å². The summed E-state index contributed by atoms with van der Waals surface area (Å²) in [5, 5.41) is 2.88. The van der Waals surface area contributed by atoms with E-state index in [-0.39, 0.29) is 23.5 Å². The van der Waals surface area contributed by atoms with Crippen molar-refractivity contribution < 1.29 is 23.5 Å². The van der Waals surface area contributed by atoms with Crippen molar-refractivity contribution in [2.75, 3.05) is 25.5 Å². The van der Waals surface area contributed by atoms with Crippen LogP contribution < -0.4 is 14.8 Å². The van der Waals surface area contributed by atoms with E-state index in [1.165, 1.54) is 6.26 Å². The number of amides is 2. The highest BCUT2D eigenvalue weighted by molar-refractivity contribution is 5.94. The van der Waals surface area contributed by atoms with Crippen LogP contribution in [0.3, 0.4) is 0 Å².